The summed E-state index contributed by atoms with van der Waals surface area (Å²) in [6, 6.07) is 7.25. The molecule has 0 spiro atoms. The van der Waals surface area contributed by atoms with Gasteiger partial charge in [-0.15, -0.1) is 21.5 Å². The number of rotatable bonds is 6. The van der Waals surface area contributed by atoms with E-state index in [0.29, 0.717) is 22.1 Å². The Kier molecular flexibility index (Phi) is 5.93. The van der Waals surface area contributed by atoms with Gasteiger partial charge in [-0.25, -0.2) is 13.5 Å². The highest BCUT2D eigenvalue weighted by atomic mass is 32.2. The number of nitrogens with zero attached hydrogens (tertiary/aromatic N) is 4. The summed E-state index contributed by atoms with van der Waals surface area (Å²) in [4.78, 5) is 14.0. The molecule has 154 valence electrons. The SMILES string of the molecule is Cc1nn(-c2ccc(F)cc2F)c(C)c1C(=O)Nc1nnc(SCc2cccs2)s1. The minimum atomic E-state index is -0.760. The molecule has 0 atom stereocenters. The van der Waals surface area contributed by atoms with Gasteiger partial charge in [0, 0.05) is 16.7 Å². The third kappa shape index (κ3) is 4.27. The first-order valence-electron chi connectivity index (χ1n) is 8.74. The number of aryl methyl sites for hydroxylation is 1. The molecule has 3 heterocycles. The average molecular weight is 464 g/mol. The van der Waals surface area contributed by atoms with Crippen LogP contribution < -0.4 is 5.32 Å². The monoisotopic (exact) mass is 463 g/mol. The largest absolute Gasteiger partial charge is 0.296 e. The standard InChI is InChI=1S/C19H15F2N5OS3/c1-10-16(11(2)26(25-10)15-6-5-12(20)8-14(15)21)17(27)22-18-23-24-19(30-18)29-9-13-4-3-7-28-13/h3-8H,9H2,1-2H3,(H,22,23,27). The number of hydrogen-bond donors (Lipinski definition) is 1. The lowest BCUT2D eigenvalue weighted by Gasteiger charge is -2.06. The Morgan fingerprint density at radius 1 is 1.23 bits per heavy atom. The van der Waals surface area contributed by atoms with E-state index in [1.54, 1.807) is 36.9 Å². The number of halogens is 2. The van der Waals surface area contributed by atoms with Gasteiger partial charge in [-0.3, -0.25) is 10.1 Å². The van der Waals surface area contributed by atoms with Crippen molar-refractivity contribution in [2.75, 3.05) is 5.32 Å². The van der Waals surface area contributed by atoms with E-state index in [1.807, 2.05) is 11.4 Å². The van der Waals surface area contributed by atoms with Gasteiger partial charge in [0.15, 0.2) is 10.2 Å². The van der Waals surface area contributed by atoms with Crippen molar-refractivity contribution >= 4 is 45.5 Å². The molecule has 30 heavy (non-hydrogen) atoms. The molecule has 4 rings (SSSR count). The van der Waals surface area contributed by atoms with Gasteiger partial charge >= 0.3 is 0 Å². The Bertz CT molecular complexity index is 1200. The predicted octanol–water partition coefficient (Wildman–Crippen LogP) is 5.22. The number of nitrogens with one attached hydrogen (secondary N) is 1. The molecule has 4 aromatic rings. The molecular weight excluding hydrogens is 448 g/mol. The summed E-state index contributed by atoms with van der Waals surface area (Å²) in [7, 11) is 0. The molecule has 0 radical (unpaired) electrons. The number of carbonyl (C=O) groups excluding carboxylic acids is 1. The van der Waals surface area contributed by atoms with Crippen molar-refractivity contribution in [1.82, 2.24) is 20.0 Å². The maximum atomic E-state index is 14.2. The third-order valence-corrected chi connectivity index (χ3v) is 7.28. The van der Waals surface area contributed by atoms with E-state index in [0.717, 1.165) is 22.2 Å². The summed E-state index contributed by atoms with van der Waals surface area (Å²) in [6.45, 7) is 3.31. The fraction of sp³-hybridized carbons (Fsp3) is 0.158. The van der Waals surface area contributed by atoms with Crippen LogP contribution in [0, 0.1) is 25.5 Å². The first kappa shape index (κ1) is 20.6. The molecule has 1 amide bonds. The van der Waals surface area contributed by atoms with Crippen molar-refractivity contribution in [2.45, 2.75) is 23.9 Å². The zero-order valence-electron chi connectivity index (χ0n) is 15.8. The van der Waals surface area contributed by atoms with Crippen LogP contribution in [0.25, 0.3) is 5.69 Å². The van der Waals surface area contributed by atoms with Crippen LogP contribution in [0.4, 0.5) is 13.9 Å². The van der Waals surface area contributed by atoms with Crippen molar-refractivity contribution in [3.05, 3.63) is 69.2 Å². The molecule has 6 nitrogen and oxygen atoms in total. The van der Waals surface area contributed by atoms with Crippen LogP contribution in [0.1, 0.15) is 26.6 Å². The summed E-state index contributed by atoms with van der Waals surface area (Å²) in [5, 5.41) is 17.5. The number of anilines is 1. The summed E-state index contributed by atoms with van der Waals surface area (Å²) < 4.78 is 29.4. The van der Waals surface area contributed by atoms with Crippen LogP contribution in [0.5, 0.6) is 0 Å². The van der Waals surface area contributed by atoms with E-state index in [-0.39, 0.29) is 5.69 Å². The van der Waals surface area contributed by atoms with Crippen LogP contribution in [-0.4, -0.2) is 25.9 Å². The summed E-state index contributed by atoms with van der Waals surface area (Å²) >= 11 is 4.50. The van der Waals surface area contributed by atoms with Gasteiger partial charge in [0.1, 0.15) is 11.5 Å². The molecule has 0 bridgehead atoms. The number of benzene rings is 1. The zero-order chi connectivity index (χ0) is 21.3. The second-order valence-corrected chi connectivity index (χ2v) is 9.48. The van der Waals surface area contributed by atoms with E-state index in [4.69, 9.17) is 0 Å². The first-order valence-corrected chi connectivity index (χ1v) is 11.4. The smallest absolute Gasteiger partial charge is 0.261 e. The highest BCUT2D eigenvalue weighted by molar-refractivity contribution is 8.00. The fourth-order valence-corrected chi connectivity index (χ4v) is 5.38. The summed E-state index contributed by atoms with van der Waals surface area (Å²) in [5.41, 5.74) is 1.23. The van der Waals surface area contributed by atoms with Gasteiger partial charge in [0.25, 0.3) is 5.91 Å². The molecule has 1 aromatic carbocycles. The van der Waals surface area contributed by atoms with E-state index in [9.17, 15) is 13.6 Å². The van der Waals surface area contributed by atoms with Gasteiger partial charge in [-0.2, -0.15) is 5.10 Å². The van der Waals surface area contributed by atoms with E-state index < -0.39 is 17.5 Å². The van der Waals surface area contributed by atoms with Crippen LogP contribution in [0.15, 0.2) is 40.1 Å². The van der Waals surface area contributed by atoms with Gasteiger partial charge in [0.05, 0.1) is 17.0 Å². The molecule has 0 saturated carbocycles. The van der Waals surface area contributed by atoms with Gasteiger partial charge in [-0.05, 0) is 37.4 Å². The Morgan fingerprint density at radius 2 is 2.07 bits per heavy atom. The van der Waals surface area contributed by atoms with E-state index in [1.165, 1.54) is 27.0 Å². The summed E-state index contributed by atoms with van der Waals surface area (Å²) in [6.07, 6.45) is 0. The topological polar surface area (TPSA) is 72.7 Å². The number of aromatic nitrogens is 4. The molecular formula is C19H15F2N5OS3. The average Bonchev–Trinajstić information content (AvgIpc) is 3.42. The molecule has 0 unspecified atom stereocenters. The van der Waals surface area contributed by atoms with E-state index >= 15 is 0 Å². The number of hydrogen-bond acceptors (Lipinski definition) is 7. The van der Waals surface area contributed by atoms with Crippen molar-refractivity contribution in [3.8, 4) is 5.69 Å². The van der Waals surface area contributed by atoms with Gasteiger partial charge in [0.2, 0.25) is 5.13 Å². The lowest BCUT2D eigenvalue weighted by molar-refractivity contribution is 0.102. The van der Waals surface area contributed by atoms with Gasteiger partial charge < -0.3 is 0 Å². The minimum absolute atomic E-state index is 0.0687. The predicted molar refractivity (Wildman–Crippen MR) is 115 cm³/mol. The molecule has 0 aliphatic heterocycles. The molecule has 0 saturated heterocycles. The lowest BCUT2D eigenvalue weighted by atomic mass is 10.2. The maximum absolute atomic E-state index is 14.2. The molecule has 11 heteroatoms. The normalized spacial score (nSPS) is 11.1. The first-order chi connectivity index (χ1) is 14.4. The summed E-state index contributed by atoms with van der Waals surface area (Å²) in [5.74, 6) is -1.07. The van der Waals surface area contributed by atoms with E-state index in [2.05, 4.69) is 26.7 Å². The number of thiophene rings is 1. The van der Waals surface area contributed by atoms with Crippen LogP contribution in [-0.2, 0) is 5.75 Å². The van der Waals surface area contributed by atoms with Crippen molar-refractivity contribution in [1.29, 1.82) is 0 Å². The van der Waals surface area contributed by atoms with Crippen molar-refractivity contribution < 1.29 is 13.6 Å². The van der Waals surface area contributed by atoms with Crippen molar-refractivity contribution in [2.24, 2.45) is 0 Å². The van der Waals surface area contributed by atoms with Gasteiger partial charge in [-0.1, -0.05) is 29.2 Å². The number of amides is 1. The molecule has 0 aliphatic rings. The fourth-order valence-electron chi connectivity index (χ4n) is 2.86. The van der Waals surface area contributed by atoms with Crippen LogP contribution >= 0.6 is 34.4 Å². The Hall–Kier alpha value is -2.63. The Morgan fingerprint density at radius 3 is 2.80 bits per heavy atom. The molecule has 1 N–H and O–H groups in total. The molecule has 0 aliphatic carbocycles. The zero-order valence-corrected chi connectivity index (χ0v) is 18.3. The number of carbonyl (C=O) groups is 1. The van der Waals surface area contributed by atoms with Crippen molar-refractivity contribution in [3.63, 3.8) is 0 Å². The Balaban J connectivity index is 1.51. The molecule has 0 fully saturated rings. The molecule has 3 aromatic heterocycles. The third-order valence-electron chi connectivity index (χ3n) is 4.20. The Labute approximate surface area is 183 Å². The quantitative estimate of drug-likeness (QED) is 0.313. The van der Waals surface area contributed by atoms with Crippen LogP contribution in [0.2, 0.25) is 0 Å². The second kappa shape index (κ2) is 8.62. The minimum Gasteiger partial charge on any atom is -0.296 e. The number of thioether (sulfide) groups is 1. The lowest BCUT2D eigenvalue weighted by Crippen LogP contribution is -2.14. The maximum Gasteiger partial charge on any atom is 0.261 e. The highest BCUT2D eigenvalue weighted by Crippen LogP contribution is 2.30. The van der Waals surface area contributed by atoms with Crippen LogP contribution in [0.3, 0.4) is 0 Å². The second-order valence-electron chi connectivity index (χ2n) is 6.25. The highest BCUT2D eigenvalue weighted by Gasteiger charge is 2.22.